The molecule has 1 saturated carbocycles. The lowest BCUT2D eigenvalue weighted by Crippen LogP contribution is -2.14. The van der Waals surface area contributed by atoms with E-state index in [1.807, 2.05) is 4.68 Å². The van der Waals surface area contributed by atoms with Crippen LogP contribution in [-0.2, 0) is 0 Å². The Morgan fingerprint density at radius 1 is 1.47 bits per heavy atom. The summed E-state index contributed by atoms with van der Waals surface area (Å²) in [7, 11) is 0. The molecule has 0 aromatic carbocycles. The summed E-state index contributed by atoms with van der Waals surface area (Å²) in [6.45, 7) is 6.46. The molecule has 1 N–H and O–H groups in total. The van der Waals surface area contributed by atoms with Crippen LogP contribution in [0.1, 0.15) is 57.8 Å². The van der Waals surface area contributed by atoms with Gasteiger partial charge in [-0.15, -0.1) is 0 Å². The van der Waals surface area contributed by atoms with Gasteiger partial charge in [0.15, 0.2) is 5.65 Å². The number of fused-ring (bicyclic) bond motifs is 1. The molecule has 1 aliphatic rings. The molecule has 19 heavy (non-hydrogen) atoms. The van der Waals surface area contributed by atoms with E-state index in [0.29, 0.717) is 23.3 Å². The summed E-state index contributed by atoms with van der Waals surface area (Å²) in [6.07, 6.45) is 4.75. The third-order valence-electron chi connectivity index (χ3n) is 4.23. The van der Waals surface area contributed by atoms with Gasteiger partial charge in [0.05, 0.1) is 12.2 Å². The molecule has 3 rings (SSSR count). The van der Waals surface area contributed by atoms with Crippen LogP contribution < -0.4 is 5.56 Å². The first kappa shape index (κ1) is 12.4. The molecule has 2 atom stereocenters. The van der Waals surface area contributed by atoms with E-state index >= 15 is 0 Å². The standard InChI is InChI=1S/C14H20N4O/c1-4-9(5-2)18-13-11(7-15-18)14(19)17-12(16-13)10-6-8(10)3/h7-10H,4-6H2,1-3H3,(H,16,17,19). The number of aromatic amines is 1. The second kappa shape index (κ2) is 4.47. The van der Waals surface area contributed by atoms with Gasteiger partial charge in [0.25, 0.3) is 5.56 Å². The van der Waals surface area contributed by atoms with Gasteiger partial charge in [-0.25, -0.2) is 9.67 Å². The molecular weight excluding hydrogens is 240 g/mol. The first-order valence-corrected chi connectivity index (χ1v) is 7.13. The minimum absolute atomic E-state index is 0.0590. The van der Waals surface area contributed by atoms with E-state index in [4.69, 9.17) is 0 Å². The van der Waals surface area contributed by atoms with Crippen molar-refractivity contribution in [2.24, 2.45) is 5.92 Å². The zero-order valence-corrected chi connectivity index (χ0v) is 11.7. The molecule has 2 aromatic heterocycles. The zero-order chi connectivity index (χ0) is 13.6. The predicted molar refractivity (Wildman–Crippen MR) is 74.3 cm³/mol. The molecule has 2 unspecified atom stereocenters. The highest BCUT2D eigenvalue weighted by Gasteiger charge is 2.36. The van der Waals surface area contributed by atoms with E-state index in [-0.39, 0.29) is 5.56 Å². The summed E-state index contributed by atoms with van der Waals surface area (Å²) in [6, 6.07) is 0.316. The molecular formula is C14H20N4O. The van der Waals surface area contributed by atoms with Crippen molar-refractivity contribution < 1.29 is 0 Å². The van der Waals surface area contributed by atoms with Crippen molar-refractivity contribution in [1.29, 1.82) is 0 Å². The van der Waals surface area contributed by atoms with Gasteiger partial charge in [-0.05, 0) is 25.2 Å². The van der Waals surface area contributed by atoms with Crippen molar-refractivity contribution in [2.45, 2.75) is 52.0 Å². The molecule has 1 aliphatic carbocycles. The Balaban J connectivity index is 2.15. The number of hydrogen-bond acceptors (Lipinski definition) is 3. The van der Waals surface area contributed by atoms with Crippen LogP contribution in [-0.4, -0.2) is 19.7 Å². The molecule has 1 fully saturated rings. The summed E-state index contributed by atoms with van der Waals surface area (Å²) in [5.74, 6) is 1.88. The minimum Gasteiger partial charge on any atom is -0.310 e. The van der Waals surface area contributed by atoms with E-state index in [1.165, 1.54) is 0 Å². The first-order chi connectivity index (χ1) is 9.15. The highest BCUT2D eigenvalue weighted by Crippen LogP contribution is 2.45. The average molecular weight is 260 g/mol. The summed E-state index contributed by atoms with van der Waals surface area (Å²) >= 11 is 0. The Labute approximate surface area is 112 Å². The molecule has 0 bridgehead atoms. The SMILES string of the molecule is CCC(CC)n1ncc2c(=O)[nH]c(C3CC3C)nc21. The van der Waals surface area contributed by atoms with Gasteiger partial charge in [-0.3, -0.25) is 4.79 Å². The Morgan fingerprint density at radius 3 is 2.74 bits per heavy atom. The normalized spacial score (nSPS) is 22.3. The van der Waals surface area contributed by atoms with Gasteiger partial charge in [-0.1, -0.05) is 20.8 Å². The second-order valence-electron chi connectivity index (χ2n) is 5.57. The number of hydrogen-bond donors (Lipinski definition) is 1. The maximum absolute atomic E-state index is 12.1. The van der Waals surface area contributed by atoms with Crippen LogP contribution in [0.5, 0.6) is 0 Å². The van der Waals surface area contributed by atoms with Gasteiger partial charge >= 0.3 is 0 Å². The van der Waals surface area contributed by atoms with Gasteiger partial charge in [-0.2, -0.15) is 5.10 Å². The van der Waals surface area contributed by atoms with Crippen molar-refractivity contribution in [3.63, 3.8) is 0 Å². The third-order valence-corrected chi connectivity index (χ3v) is 4.23. The molecule has 102 valence electrons. The van der Waals surface area contributed by atoms with E-state index in [1.54, 1.807) is 6.20 Å². The van der Waals surface area contributed by atoms with Gasteiger partial charge in [0.2, 0.25) is 0 Å². The van der Waals surface area contributed by atoms with Crippen LogP contribution in [0.2, 0.25) is 0 Å². The number of nitrogens with zero attached hydrogens (tertiary/aromatic N) is 3. The Bertz CT molecular complexity index is 653. The fourth-order valence-corrected chi connectivity index (χ4v) is 2.73. The fraction of sp³-hybridized carbons (Fsp3) is 0.643. The minimum atomic E-state index is -0.0590. The molecule has 0 amide bonds. The quantitative estimate of drug-likeness (QED) is 0.919. The van der Waals surface area contributed by atoms with Gasteiger partial charge in [0, 0.05) is 5.92 Å². The maximum atomic E-state index is 12.1. The van der Waals surface area contributed by atoms with E-state index in [2.05, 4.69) is 35.8 Å². The van der Waals surface area contributed by atoms with Crippen molar-refractivity contribution in [1.82, 2.24) is 19.7 Å². The summed E-state index contributed by atoms with van der Waals surface area (Å²) < 4.78 is 1.92. The van der Waals surface area contributed by atoms with E-state index < -0.39 is 0 Å². The summed E-state index contributed by atoms with van der Waals surface area (Å²) in [5, 5.41) is 4.97. The lowest BCUT2D eigenvalue weighted by Gasteiger charge is -2.13. The molecule has 5 heteroatoms. The van der Waals surface area contributed by atoms with Crippen molar-refractivity contribution in [3.8, 4) is 0 Å². The Morgan fingerprint density at radius 2 is 2.16 bits per heavy atom. The Kier molecular flexibility index (Phi) is 2.92. The molecule has 0 radical (unpaired) electrons. The Hall–Kier alpha value is -1.65. The summed E-state index contributed by atoms with van der Waals surface area (Å²) in [5.41, 5.74) is 0.683. The lowest BCUT2D eigenvalue weighted by molar-refractivity contribution is 0.438. The number of nitrogens with one attached hydrogen (secondary N) is 1. The van der Waals surface area contributed by atoms with Gasteiger partial charge < -0.3 is 4.98 Å². The molecule has 2 heterocycles. The molecule has 0 spiro atoms. The topological polar surface area (TPSA) is 63.6 Å². The summed E-state index contributed by atoms with van der Waals surface area (Å²) in [4.78, 5) is 19.7. The molecule has 5 nitrogen and oxygen atoms in total. The van der Waals surface area contributed by atoms with Gasteiger partial charge in [0.1, 0.15) is 11.2 Å². The molecule has 0 saturated heterocycles. The van der Waals surface area contributed by atoms with Crippen LogP contribution in [0.25, 0.3) is 11.0 Å². The van der Waals surface area contributed by atoms with E-state index in [0.717, 1.165) is 30.7 Å². The third kappa shape index (κ3) is 1.97. The largest absolute Gasteiger partial charge is 0.310 e. The highest BCUT2D eigenvalue weighted by molar-refractivity contribution is 5.73. The van der Waals surface area contributed by atoms with Crippen molar-refractivity contribution in [2.75, 3.05) is 0 Å². The monoisotopic (exact) mass is 260 g/mol. The smallest absolute Gasteiger partial charge is 0.262 e. The number of H-pyrrole nitrogens is 1. The molecule has 0 aliphatic heterocycles. The number of aromatic nitrogens is 4. The molecule has 2 aromatic rings. The van der Waals surface area contributed by atoms with Crippen molar-refractivity contribution in [3.05, 3.63) is 22.4 Å². The van der Waals surface area contributed by atoms with Crippen LogP contribution in [0.4, 0.5) is 0 Å². The van der Waals surface area contributed by atoms with E-state index in [9.17, 15) is 4.79 Å². The fourth-order valence-electron chi connectivity index (χ4n) is 2.73. The predicted octanol–water partition coefficient (Wildman–Crippen LogP) is 2.60. The van der Waals surface area contributed by atoms with Crippen LogP contribution >= 0.6 is 0 Å². The van der Waals surface area contributed by atoms with Crippen LogP contribution in [0.15, 0.2) is 11.0 Å². The van der Waals surface area contributed by atoms with Crippen LogP contribution in [0, 0.1) is 5.92 Å². The van der Waals surface area contributed by atoms with Crippen LogP contribution in [0.3, 0.4) is 0 Å². The van der Waals surface area contributed by atoms with Crippen molar-refractivity contribution >= 4 is 11.0 Å². The highest BCUT2D eigenvalue weighted by atomic mass is 16.1. The zero-order valence-electron chi connectivity index (χ0n) is 11.7. The maximum Gasteiger partial charge on any atom is 0.262 e. The second-order valence-corrected chi connectivity index (χ2v) is 5.57. The lowest BCUT2D eigenvalue weighted by atomic mass is 10.2. The first-order valence-electron chi connectivity index (χ1n) is 7.13. The number of rotatable bonds is 4. The average Bonchev–Trinajstić information content (AvgIpc) is 2.97.